The second-order valence-corrected chi connectivity index (χ2v) is 4.29. The minimum atomic E-state index is -0.510. The second kappa shape index (κ2) is 6.02. The highest BCUT2D eigenvalue weighted by molar-refractivity contribution is 5.98. The van der Waals surface area contributed by atoms with E-state index < -0.39 is 5.54 Å². The van der Waals surface area contributed by atoms with Crippen LogP contribution in [0.2, 0.25) is 0 Å². The van der Waals surface area contributed by atoms with E-state index in [-0.39, 0.29) is 29.9 Å². The summed E-state index contributed by atoms with van der Waals surface area (Å²) in [4.78, 5) is 16.1. The molecular formula is C12H18ClN3O2. The smallest absolute Gasteiger partial charge is 0.245 e. The fourth-order valence-corrected chi connectivity index (χ4v) is 2.18. The van der Waals surface area contributed by atoms with E-state index in [0.29, 0.717) is 0 Å². The van der Waals surface area contributed by atoms with E-state index in [1.54, 1.807) is 6.07 Å². The molecule has 0 radical (unpaired) electrons. The van der Waals surface area contributed by atoms with E-state index >= 15 is 0 Å². The Bertz CT molecular complexity index is 420. The maximum atomic E-state index is 12.2. The molecule has 0 aliphatic carbocycles. The Morgan fingerprint density at radius 2 is 2.44 bits per heavy atom. The first-order valence-electron chi connectivity index (χ1n) is 5.88. The predicted octanol–water partition coefficient (Wildman–Crippen LogP) is 1.68. The van der Waals surface area contributed by atoms with Crippen LogP contribution in [-0.4, -0.2) is 28.1 Å². The fraction of sp³-hybridized carbons (Fsp3) is 0.500. The molecule has 0 aromatic carbocycles. The van der Waals surface area contributed by atoms with Crippen molar-refractivity contribution in [2.75, 3.05) is 11.9 Å². The summed E-state index contributed by atoms with van der Waals surface area (Å²) >= 11 is 0. The van der Waals surface area contributed by atoms with Crippen LogP contribution in [0.1, 0.15) is 26.2 Å². The van der Waals surface area contributed by atoms with E-state index in [9.17, 15) is 9.90 Å². The molecule has 1 aromatic rings. The summed E-state index contributed by atoms with van der Waals surface area (Å²) in [5.74, 6) is 0.0932. The van der Waals surface area contributed by atoms with Crippen molar-refractivity contribution >= 4 is 24.1 Å². The Hall–Kier alpha value is -1.33. The van der Waals surface area contributed by atoms with Gasteiger partial charge in [-0.25, -0.2) is 4.98 Å². The largest absolute Gasteiger partial charge is 0.504 e. The number of halogens is 1. The molecular weight excluding hydrogens is 254 g/mol. The van der Waals surface area contributed by atoms with Gasteiger partial charge in [0.25, 0.3) is 0 Å². The highest BCUT2D eigenvalue weighted by atomic mass is 35.5. The first-order chi connectivity index (χ1) is 8.18. The maximum Gasteiger partial charge on any atom is 0.245 e. The first kappa shape index (κ1) is 14.7. The average Bonchev–Trinajstić information content (AvgIpc) is 2.82. The quantitative estimate of drug-likeness (QED) is 0.782. The summed E-state index contributed by atoms with van der Waals surface area (Å²) in [5, 5.41) is 15.5. The van der Waals surface area contributed by atoms with E-state index in [1.165, 1.54) is 12.3 Å². The van der Waals surface area contributed by atoms with Crippen LogP contribution in [-0.2, 0) is 4.79 Å². The standard InChI is InChI=1S/C12H17N3O2.ClH/c1-2-12(6-4-8-14-12)11(17)15-10-9(16)5-3-7-13-10;/h3,5,7,14,16H,2,4,6,8H2,1H3,(H,13,15,17);1H. The molecule has 100 valence electrons. The van der Waals surface area contributed by atoms with Gasteiger partial charge in [-0.3, -0.25) is 4.79 Å². The van der Waals surface area contributed by atoms with Crippen LogP contribution in [0, 0.1) is 0 Å². The summed E-state index contributed by atoms with van der Waals surface area (Å²) in [5.41, 5.74) is -0.510. The molecule has 18 heavy (non-hydrogen) atoms. The predicted molar refractivity (Wildman–Crippen MR) is 72.0 cm³/mol. The lowest BCUT2D eigenvalue weighted by molar-refractivity contribution is -0.122. The third-order valence-electron chi connectivity index (χ3n) is 3.30. The van der Waals surface area contributed by atoms with E-state index in [1.807, 2.05) is 6.92 Å². The van der Waals surface area contributed by atoms with Gasteiger partial charge < -0.3 is 15.7 Å². The molecule has 1 aliphatic rings. The molecule has 1 fully saturated rings. The van der Waals surface area contributed by atoms with Crippen molar-refractivity contribution in [1.82, 2.24) is 10.3 Å². The van der Waals surface area contributed by atoms with Gasteiger partial charge in [0.15, 0.2) is 11.6 Å². The Labute approximate surface area is 112 Å². The minimum absolute atomic E-state index is 0. The van der Waals surface area contributed by atoms with Crippen LogP contribution in [0.4, 0.5) is 5.82 Å². The minimum Gasteiger partial charge on any atom is -0.504 e. The number of amides is 1. The number of aromatic hydroxyl groups is 1. The van der Waals surface area contributed by atoms with Crippen LogP contribution in [0.15, 0.2) is 18.3 Å². The average molecular weight is 272 g/mol. The molecule has 3 N–H and O–H groups in total. The number of carbonyl (C=O) groups excluding carboxylic acids is 1. The number of anilines is 1. The second-order valence-electron chi connectivity index (χ2n) is 4.29. The van der Waals surface area contributed by atoms with Crippen LogP contribution in [0.5, 0.6) is 5.75 Å². The molecule has 0 spiro atoms. The van der Waals surface area contributed by atoms with Gasteiger partial charge in [-0.15, -0.1) is 12.4 Å². The molecule has 1 aromatic heterocycles. The first-order valence-corrected chi connectivity index (χ1v) is 5.88. The lowest BCUT2D eigenvalue weighted by atomic mass is 9.93. The van der Waals surface area contributed by atoms with Crippen molar-refractivity contribution in [3.63, 3.8) is 0 Å². The fourth-order valence-electron chi connectivity index (χ4n) is 2.18. The monoisotopic (exact) mass is 271 g/mol. The lowest BCUT2D eigenvalue weighted by Gasteiger charge is -2.26. The van der Waals surface area contributed by atoms with Gasteiger partial charge in [0, 0.05) is 6.20 Å². The third kappa shape index (κ3) is 2.73. The van der Waals surface area contributed by atoms with Gasteiger partial charge in [-0.05, 0) is 37.9 Å². The third-order valence-corrected chi connectivity index (χ3v) is 3.30. The zero-order valence-electron chi connectivity index (χ0n) is 10.3. The molecule has 2 heterocycles. The Morgan fingerprint density at radius 3 is 3.00 bits per heavy atom. The maximum absolute atomic E-state index is 12.2. The van der Waals surface area contributed by atoms with Gasteiger partial charge in [0.2, 0.25) is 5.91 Å². The van der Waals surface area contributed by atoms with Crippen molar-refractivity contribution in [2.24, 2.45) is 0 Å². The van der Waals surface area contributed by atoms with Crippen LogP contribution >= 0.6 is 12.4 Å². The number of nitrogens with one attached hydrogen (secondary N) is 2. The topological polar surface area (TPSA) is 74.2 Å². The van der Waals surface area contributed by atoms with Gasteiger partial charge in [-0.1, -0.05) is 6.92 Å². The molecule has 1 amide bonds. The zero-order chi connectivity index (χ0) is 12.3. The molecule has 5 nitrogen and oxygen atoms in total. The molecule has 6 heteroatoms. The Balaban J connectivity index is 0.00000162. The highest BCUT2D eigenvalue weighted by Crippen LogP contribution is 2.26. The van der Waals surface area contributed by atoms with Crippen LogP contribution in [0.3, 0.4) is 0 Å². The van der Waals surface area contributed by atoms with Crippen LogP contribution < -0.4 is 10.6 Å². The summed E-state index contributed by atoms with van der Waals surface area (Å²) in [6.45, 7) is 2.84. The molecule has 1 atom stereocenters. The Morgan fingerprint density at radius 1 is 1.67 bits per heavy atom. The number of hydrogen-bond acceptors (Lipinski definition) is 4. The number of carbonyl (C=O) groups is 1. The van der Waals surface area contributed by atoms with E-state index in [0.717, 1.165) is 25.8 Å². The molecule has 2 rings (SSSR count). The highest BCUT2D eigenvalue weighted by Gasteiger charge is 2.39. The number of hydrogen-bond donors (Lipinski definition) is 3. The van der Waals surface area contributed by atoms with E-state index in [2.05, 4.69) is 15.6 Å². The summed E-state index contributed by atoms with van der Waals surface area (Å²) in [6, 6.07) is 3.12. The van der Waals surface area contributed by atoms with Crippen molar-refractivity contribution in [3.8, 4) is 5.75 Å². The van der Waals surface area contributed by atoms with E-state index in [4.69, 9.17) is 0 Å². The van der Waals surface area contributed by atoms with Crippen molar-refractivity contribution in [3.05, 3.63) is 18.3 Å². The van der Waals surface area contributed by atoms with Gasteiger partial charge in [0.1, 0.15) is 0 Å². The summed E-state index contributed by atoms with van der Waals surface area (Å²) < 4.78 is 0. The summed E-state index contributed by atoms with van der Waals surface area (Å²) in [6.07, 6.45) is 4.08. The van der Waals surface area contributed by atoms with Gasteiger partial charge in [0.05, 0.1) is 5.54 Å². The van der Waals surface area contributed by atoms with Crippen molar-refractivity contribution < 1.29 is 9.90 Å². The number of pyridine rings is 1. The molecule has 0 bridgehead atoms. The van der Waals surface area contributed by atoms with Gasteiger partial charge in [-0.2, -0.15) is 0 Å². The number of rotatable bonds is 3. The molecule has 1 aliphatic heterocycles. The zero-order valence-corrected chi connectivity index (χ0v) is 11.1. The Kier molecular flexibility index (Phi) is 4.93. The lowest BCUT2D eigenvalue weighted by Crippen LogP contribution is -2.50. The number of aromatic nitrogens is 1. The van der Waals surface area contributed by atoms with Crippen molar-refractivity contribution in [1.29, 1.82) is 0 Å². The van der Waals surface area contributed by atoms with Crippen LogP contribution in [0.25, 0.3) is 0 Å². The molecule has 1 unspecified atom stereocenters. The number of nitrogens with zero attached hydrogens (tertiary/aromatic N) is 1. The normalized spacial score (nSPS) is 22.3. The molecule has 1 saturated heterocycles. The van der Waals surface area contributed by atoms with Crippen molar-refractivity contribution in [2.45, 2.75) is 31.7 Å². The van der Waals surface area contributed by atoms with Gasteiger partial charge >= 0.3 is 0 Å². The summed E-state index contributed by atoms with van der Waals surface area (Å²) in [7, 11) is 0. The SMILES string of the molecule is CCC1(C(=O)Nc2ncccc2O)CCCN1.Cl. The molecule has 0 saturated carbocycles.